The molecule has 20 heavy (non-hydrogen) atoms. The molecule has 2 aromatic carbocycles. The van der Waals surface area contributed by atoms with Gasteiger partial charge in [0.2, 0.25) is 0 Å². The zero-order valence-electron chi connectivity index (χ0n) is 11.8. The van der Waals surface area contributed by atoms with E-state index in [4.69, 9.17) is 5.84 Å². The standard InChI is InChI=1S/C16H20FN3/c1-20(2)15-9-5-13(6-10-15)16(19-18)11-12-3-7-14(17)8-4-12/h3-10,16,19H,11,18H2,1-2H3. The molecule has 0 saturated heterocycles. The van der Waals surface area contributed by atoms with Gasteiger partial charge in [-0.05, 0) is 41.8 Å². The quantitative estimate of drug-likeness (QED) is 0.650. The SMILES string of the molecule is CN(C)c1ccc(C(Cc2ccc(F)cc2)NN)cc1. The first-order valence-electron chi connectivity index (χ1n) is 6.58. The van der Waals surface area contributed by atoms with Gasteiger partial charge in [0, 0.05) is 25.8 Å². The average molecular weight is 273 g/mol. The molecule has 3 N–H and O–H groups in total. The van der Waals surface area contributed by atoms with Crippen molar-refractivity contribution in [2.75, 3.05) is 19.0 Å². The molecule has 0 aliphatic rings. The van der Waals surface area contributed by atoms with E-state index in [0.717, 1.165) is 23.2 Å². The maximum Gasteiger partial charge on any atom is 0.123 e. The summed E-state index contributed by atoms with van der Waals surface area (Å²) in [4.78, 5) is 2.05. The normalized spacial score (nSPS) is 12.2. The molecule has 2 rings (SSSR count). The number of anilines is 1. The van der Waals surface area contributed by atoms with E-state index in [1.54, 1.807) is 12.1 Å². The molecule has 0 radical (unpaired) electrons. The molecule has 0 amide bonds. The fourth-order valence-corrected chi connectivity index (χ4v) is 2.13. The van der Waals surface area contributed by atoms with Crippen molar-refractivity contribution in [3.63, 3.8) is 0 Å². The Labute approximate surface area is 119 Å². The first kappa shape index (κ1) is 14.5. The first-order chi connectivity index (χ1) is 9.60. The van der Waals surface area contributed by atoms with Crippen LogP contribution in [0.4, 0.5) is 10.1 Å². The number of nitrogens with one attached hydrogen (secondary N) is 1. The van der Waals surface area contributed by atoms with Gasteiger partial charge in [-0.2, -0.15) is 0 Å². The maximum atomic E-state index is 12.9. The highest BCUT2D eigenvalue weighted by Gasteiger charge is 2.11. The topological polar surface area (TPSA) is 41.3 Å². The Hall–Kier alpha value is -1.91. The van der Waals surface area contributed by atoms with Crippen molar-refractivity contribution in [2.45, 2.75) is 12.5 Å². The minimum atomic E-state index is -0.221. The molecule has 3 nitrogen and oxygen atoms in total. The van der Waals surface area contributed by atoms with Crippen LogP contribution in [0.5, 0.6) is 0 Å². The van der Waals surface area contributed by atoms with Gasteiger partial charge < -0.3 is 4.90 Å². The van der Waals surface area contributed by atoms with Crippen LogP contribution in [0, 0.1) is 5.82 Å². The first-order valence-corrected chi connectivity index (χ1v) is 6.58. The van der Waals surface area contributed by atoms with Crippen LogP contribution in [0.15, 0.2) is 48.5 Å². The molecular formula is C16H20FN3. The van der Waals surface area contributed by atoms with Crippen molar-refractivity contribution in [3.8, 4) is 0 Å². The Balaban J connectivity index is 2.13. The summed E-state index contributed by atoms with van der Waals surface area (Å²) in [5.41, 5.74) is 6.13. The number of hydrogen-bond donors (Lipinski definition) is 2. The van der Waals surface area contributed by atoms with Crippen molar-refractivity contribution < 1.29 is 4.39 Å². The summed E-state index contributed by atoms with van der Waals surface area (Å²) >= 11 is 0. The number of nitrogens with two attached hydrogens (primary N) is 1. The van der Waals surface area contributed by atoms with Crippen LogP contribution in [-0.2, 0) is 6.42 Å². The van der Waals surface area contributed by atoms with E-state index in [0.29, 0.717) is 0 Å². The summed E-state index contributed by atoms with van der Waals surface area (Å²) in [6.07, 6.45) is 0.720. The summed E-state index contributed by atoms with van der Waals surface area (Å²) in [5, 5.41) is 0. The Bertz CT molecular complexity index is 535. The molecule has 4 heteroatoms. The van der Waals surface area contributed by atoms with Crippen LogP contribution in [0.1, 0.15) is 17.2 Å². The third kappa shape index (κ3) is 3.56. The molecule has 1 atom stereocenters. The van der Waals surface area contributed by atoms with E-state index in [1.165, 1.54) is 12.1 Å². The molecule has 0 spiro atoms. The highest BCUT2D eigenvalue weighted by Crippen LogP contribution is 2.21. The van der Waals surface area contributed by atoms with Crippen LogP contribution in [-0.4, -0.2) is 14.1 Å². The van der Waals surface area contributed by atoms with Crippen LogP contribution < -0.4 is 16.2 Å². The molecule has 0 saturated carbocycles. The zero-order chi connectivity index (χ0) is 14.5. The van der Waals surface area contributed by atoms with E-state index in [1.807, 2.05) is 14.1 Å². The van der Waals surface area contributed by atoms with Crippen molar-refractivity contribution in [2.24, 2.45) is 5.84 Å². The lowest BCUT2D eigenvalue weighted by Gasteiger charge is -2.18. The van der Waals surface area contributed by atoms with E-state index in [-0.39, 0.29) is 11.9 Å². The molecule has 0 bridgehead atoms. The molecule has 0 aliphatic heterocycles. The second-order valence-corrected chi connectivity index (χ2v) is 5.04. The highest BCUT2D eigenvalue weighted by molar-refractivity contribution is 5.46. The molecule has 106 valence electrons. The lowest BCUT2D eigenvalue weighted by molar-refractivity contribution is 0.551. The smallest absolute Gasteiger partial charge is 0.123 e. The zero-order valence-corrected chi connectivity index (χ0v) is 11.8. The van der Waals surface area contributed by atoms with Gasteiger partial charge in [0.1, 0.15) is 5.82 Å². The number of nitrogens with zero attached hydrogens (tertiary/aromatic N) is 1. The number of hydrazine groups is 1. The highest BCUT2D eigenvalue weighted by atomic mass is 19.1. The van der Waals surface area contributed by atoms with Crippen molar-refractivity contribution in [1.82, 2.24) is 5.43 Å². The maximum absolute atomic E-state index is 12.9. The van der Waals surface area contributed by atoms with Gasteiger partial charge in [-0.15, -0.1) is 0 Å². The average Bonchev–Trinajstić information content (AvgIpc) is 2.47. The molecule has 0 aliphatic carbocycles. The predicted molar refractivity (Wildman–Crippen MR) is 80.9 cm³/mol. The lowest BCUT2D eigenvalue weighted by atomic mass is 9.99. The number of benzene rings is 2. The summed E-state index contributed by atoms with van der Waals surface area (Å²) < 4.78 is 12.9. The van der Waals surface area contributed by atoms with Crippen LogP contribution in [0.3, 0.4) is 0 Å². The third-order valence-electron chi connectivity index (χ3n) is 3.37. The number of hydrogen-bond acceptors (Lipinski definition) is 3. The molecule has 2 aromatic rings. The Morgan fingerprint density at radius 1 is 1.05 bits per heavy atom. The van der Waals surface area contributed by atoms with Crippen molar-refractivity contribution >= 4 is 5.69 Å². The largest absolute Gasteiger partial charge is 0.378 e. The summed E-state index contributed by atoms with van der Waals surface area (Å²) in [7, 11) is 4.01. The summed E-state index contributed by atoms with van der Waals surface area (Å²) in [6, 6.07) is 14.8. The second kappa shape index (κ2) is 6.50. The second-order valence-electron chi connectivity index (χ2n) is 5.04. The monoisotopic (exact) mass is 273 g/mol. The van der Waals surface area contributed by atoms with E-state index >= 15 is 0 Å². The molecule has 0 heterocycles. The van der Waals surface area contributed by atoms with Crippen LogP contribution in [0.25, 0.3) is 0 Å². The molecular weight excluding hydrogens is 253 g/mol. The minimum absolute atomic E-state index is 0.0108. The molecule has 0 fully saturated rings. The lowest BCUT2D eigenvalue weighted by Crippen LogP contribution is -2.29. The summed E-state index contributed by atoms with van der Waals surface area (Å²) in [5.74, 6) is 5.42. The Kier molecular flexibility index (Phi) is 4.71. The van der Waals surface area contributed by atoms with Gasteiger partial charge in [0.05, 0.1) is 0 Å². The Morgan fingerprint density at radius 2 is 1.65 bits per heavy atom. The Morgan fingerprint density at radius 3 is 2.15 bits per heavy atom. The van der Waals surface area contributed by atoms with Gasteiger partial charge >= 0.3 is 0 Å². The third-order valence-corrected chi connectivity index (χ3v) is 3.37. The van der Waals surface area contributed by atoms with Crippen LogP contribution in [0.2, 0.25) is 0 Å². The fourth-order valence-electron chi connectivity index (χ4n) is 2.13. The number of halogens is 1. The number of rotatable bonds is 5. The minimum Gasteiger partial charge on any atom is -0.378 e. The van der Waals surface area contributed by atoms with Gasteiger partial charge in [-0.25, -0.2) is 4.39 Å². The van der Waals surface area contributed by atoms with Crippen molar-refractivity contribution in [3.05, 3.63) is 65.5 Å². The predicted octanol–water partition coefficient (Wildman–Crippen LogP) is 2.64. The summed E-state index contributed by atoms with van der Waals surface area (Å²) in [6.45, 7) is 0. The van der Waals surface area contributed by atoms with Gasteiger partial charge in [-0.1, -0.05) is 24.3 Å². The fraction of sp³-hybridized carbons (Fsp3) is 0.250. The van der Waals surface area contributed by atoms with Gasteiger partial charge in [0.15, 0.2) is 0 Å². The van der Waals surface area contributed by atoms with Gasteiger partial charge in [0.25, 0.3) is 0 Å². The van der Waals surface area contributed by atoms with Crippen molar-refractivity contribution in [1.29, 1.82) is 0 Å². The van der Waals surface area contributed by atoms with Gasteiger partial charge in [-0.3, -0.25) is 11.3 Å². The van der Waals surface area contributed by atoms with E-state index in [9.17, 15) is 4.39 Å². The van der Waals surface area contributed by atoms with E-state index in [2.05, 4.69) is 34.6 Å². The molecule has 0 aromatic heterocycles. The molecule has 1 unspecified atom stereocenters. The van der Waals surface area contributed by atoms with E-state index < -0.39 is 0 Å². The van der Waals surface area contributed by atoms with Crippen LogP contribution >= 0.6 is 0 Å².